The van der Waals surface area contributed by atoms with Crippen LogP contribution < -0.4 is 5.32 Å². The van der Waals surface area contributed by atoms with Gasteiger partial charge in [-0.1, -0.05) is 25.6 Å². The van der Waals surface area contributed by atoms with Crippen LogP contribution in [0.5, 0.6) is 0 Å². The Bertz CT molecular complexity index is 334. The van der Waals surface area contributed by atoms with E-state index in [1.807, 2.05) is 11.8 Å². The van der Waals surface area contributed by atoms with Gasteiger partial charge in [0, 0.05) is 30.4 Å². The lowest BCUT2D eigenvalue weighted by atomic mass is 9.96. The summed E-state index contributed by atoms with van der Waals surface area (Å²) in [5.74, 6) is 1.19. The molecule has 0 aromatic rings. The van der Waals surface area contributed by atoms with Crippen molar-refractivity contribution in [2.45, 2.75) is 63.6 Å². The minimum atomic E-state index is 0.318. The summed E-state index contributed by atoms with van der Waals surface area (Å²) in [5.41, 5.74) is 0.318. The maximum absolute atomic E-state index is 4.95. The highest BCUT2D eigenvalue weighted by Crippen LogP contribution is 2.32. The van der Waals surface area contributed by atoms with Crippen molar-refractivity contribution >= 4 is 16.9 Å². The zero-order valence-electron chi connectivity index (χ0n) is 11.6. The van der Waals surface area contributed by atoms with E-state index < -0.39 is 0 Å². The average Bonchev–Trinajstić information content (AvgIpc) is 3.01. The van der Waals surface area contributed by atoms with Crippen LogP contribution >= 0.6 is 11.8 Å². The molecule has 3 rings (SSSR count). The first-order valence-electron chi connectivity index (χ1n) is 7.47. The summed E-state index contributed by atoms with van der Waals surface area (Å²) in [5, 5.41) is 4.89. The number of nitrogens with one attached hydrogen (secondary N) is 1. The molecule has 0 aromatic carbocycles. The summed E-state index contributed by atoms with van der Waals surface area (Å²) in [7, 11) is 0. The molecular formula is C14H25N3S. The molecule has 3 fully saturated rings. The quantitative estimate of drug-likeness (QED) is 0.848. The van der Waals surface area contributed by atoms with Crippen LogP contribution in [0.2, 0.25) is 0 Å². The lowest BCUT2D eigenvalue weighted by Crippen LogP contribution is -2.42. The first-order chi connectivity index (χ1) is 8.74. The zero-order chi connectivity index (χ0) is 12.6. The van der Waals surface area contributed by atoms with E-state index in [0.717, 1.165) is 6.04 Å². The van der Waals surface area contributed by atoms with E-state index in [2.05, 4.69) is 24.1 Å². The SMILES string of the molecule is CCC1(CC)CSC(=NC2CCN(C3CC3)C2)N1. The molecule has 1 aliphatic carbocycles. The zero-order valence-corrected chi connectivity index (χ0v) is 12.4. The molecular weight excluding hydrogens is 242 g/mol. The fourth-order valence-corrected chi connectivity index (χ4v) is 4.42. The first-order valence-corrected chi connectivity index (χ1v) is 8.46. The summed E-state index contributed by atoms with van der Waals surface area (Å²) in [4.78, 5) is 7.59. The summed E-state index contributed by atoms with van der Waals surface area (Å²) in [6, 6.07) is 1.45. The van der Waals surface area contributed by atoms with Gasteiger partial charge in [-0.15, -0.1) is 0 Å². The van der Waals surface area contributed by atoms with Gasteiger partial charge >= 0.3 is 0 Å². The molecule has 0 amide bonds. The van der Waals surface area contributed by atoms with Crippen LogP contribution in [-0.2, 0) is 0 Å². The summed E-state index contributed by atoms with van der Waals surface area (Å²) in [6.07, 6.45) is 6.51. The maximum atomic E-state index is 4.95. The maximum Gasteiger partial charge on any atom is 0.157 e. The Hall–Kier alpha value is -0.220. The Kier molecular flexibility index (Phi) is 3.59. The number of hydrogen-bond acceptors (Lipinski definition) is 3. The second kappa shape index (κ2) is 5.04. The largest absolute Gasteiger partial charge is 0.359 e. The number of likely N-dealkylation sites (tertiary alicyclic amines) is 1. The number of aliphatic imine (C=N–C) groups is 1. The third kappa shape index (κ3) is 2.55. The minimum absolute atomic E-state index is 0.318. The highest BCUT2D eigenvalue weighted by atomic mass is 32.2. The van der Waals surface area contributed by atoms with Crippen molar-refractivity contribution in [2.75, 3.05) is 18.8 Å². The normalized spacial score (nSPS) is 34.1. The summed E-state index contributed by atoms with van der Waals surface area (Å²) >= 11 is 1.93. The molecule has 1 N–H and O–H groups in total. The topological polar surface area (TPSA) is 27.6 Å². The van der Waals surface area contributed by atoms with Crippen molar-refractivity contribution < 1.29 is 0 Å². The standard InChI is InChI=1S/C14H25N3S/c1-3-14(4-2)10-18-13(16-14)15-11-7-8-17(9-11)12-5-6-12/h11-12H,3-10H2,1-2H3,(H,15,16). The van der Waals surface area contributed by atoms with Crippen LogP contribution in [0.4, 0.5) is 0 Å². The van der Waals surface area contributed by atoms with Crippen molar-refractivity contribution in [1.29, 1.82) is 0 Å². The van der Waals surface area contributed by atoms with Crippen molar-refractivity contribution in [3.8, 4) is 0 Å². The van der Waals surface area contributed by atoms with Gasteiger partial charge in [-0.25, -0.2) is 0 Å². The smallest absolute Gasteiger partial charge is 0.157 e. The van der Waals surface area contributed by atoms with Crippen molar-refractivity contribution in [3.63, 3.8) is 0 Å². The van der Waals surface area contributed by atoms with Gasteiger partial charge in [-0.05, 0) is 32.1 Å². The van der Waals surface area contributed by atoms with E-state index in [9.17, 15) is 0 Å². The number of hydrogen-bond donors (Lipinski definition) is 1. The van der Waals surface area contributed by atoms with E-state index in [-0.39, 0.29) is 0 Å². The molecule has 4 heteroatoms. The van der Waals surface area contributed by atoms with Gasteiger partial charge in [0.2, 0.25) is 0 Å². The van der Waals surface area contributed by atoms with Crippen molar-refractivity contribution in [3.05, 3.63) is 0 Å². The third-order valence-electron chi connectivity index (χ3n) is 4.77. The Balaban J connectivity index is 1.57. The molecule has 1 unspecified atom stereocenters. The third-order valence-corrected chi connectivity index (χ3v) is 5.95. The highest BCUT2D eigenvalue weighted by molar-refractivity contribution is 8.14. The van der Waals surface area contributed by atoms with Gasteiger partial charge < -0.3 is 5.32 Å². The van der Waals surface area contributed by atoms with Crippen LogP contribution in [0.3, 0.4) is 0 Å². The van der Waals surface area contributed by atoms with Crippen molar-refractivity contribution in [2.24, 2.45) is 4.99 Å². The fourth-order valence-electron chi connectivity index (χ4n) is 3.02. The molecule has 18 heavy (non-hydrogen) atoms. The van der Waals surface area contributed by atoms with Gasteiger partial charge in [0.1, 0.15) is 0 Å². The molecule has 0 aromatic heterocycles. The molecule has 102 valence electrons. The van der Waals surface area contributed by atoms with Gasteiger partial charge in [0.05, 0.1) is 6.04 Å². The lowest BCUT2D eigenvalue weighted by molar-refractivity contribution is 0.324. The molecule has 2 saturated heterocycles. The summed E-state index contributed by atoms with van der Waals surface area (Å²) < 4.78 is 0. The molecule has 1 atom stereocenters. The Morgan fingerprint density at radius 1 is 1.33 bits per heavy atom. The first kappa shape index (κ1) is 12.8. The van der Waals surface area contributed by atoms with E-state index in [1.165, 1.54) is 56.1 Å². The van der Waals surface area contributed by atoms with E-state index >= 15 is 0 Å². The molecule has 3 nitrogen and oxygen atoms in total. The Labute approximate surface area is 115 Å². The van der Waals surface area contributed by atoms with Crippen LogP contribution in [0, 0.1) is 0 Å². The van der Waals surface area contributed by atoms with Gasteiger partial charge in [0.15, 0.2) is 5.17 Å². The van der Waals surface area contributed by atoms with Gasteiger partial charge in [0.25, 0.3) is 0 Å². The van der Waals surface area contributed by atoms with Crippen LogP contribution in [-0.4, -0.2) is 46.5 Å². The Morgan fingerprint density at radius 3 is 2.72 bits per heavy atom. The monoisotopic (exact) mass is 267 g/mol. The molecule has 2 aliphatic heterocycles. The molecule has 0 bridgehead atoms. The number of thioether (sulfide) groups is 1. The molecule has 3 aliphatic rings. The predicted molar refractivity (Wildman–Crippen MR) is 79.3 cm³/mol. The van der Waals surface area contributed by atoms with E-state index in [1.54, 1.807) is 0 Å². The number of nitrogens with zero attached hydrogens (tertiary/aromatic N) is 2. The second-order valence-corrected chi connectivity index (χ2v) is 6.97. The van der Waals surface area contributed by atoms with Crippen LogP contribution in [0.25, 0.3) is 0 Å². The van der Waals surface area contributed by atoms with Crippen LogP contribution in [0.1, 0.15) is 46.0 Å². The number of rotatable bonds is 4. The molecule has 2 heterocycles. The number of amidine groups is 1. The summed E-state index contributed by atoms with van der Waals surface area (Å²) in [6.45, 7) is 7.03. The van der Waals surface area contributed by atoms with Gasteiger partial charge in [-0.3, -0.25) is 9.89 Å². The molecule has 0 spiro atoms. The predicted octanol–water partition coefficient (Wildman–Crippen LogP) is 2.47. The van der Waals surface area contributed by atoms with Gasteiger partial charge in [-0.2, -0.15) is 0 Å². The lowest BCUT2D eigenvalue weighted by Gasteiger charge is -2.25. The Morgan fingerprint density at radius 2 is 2.11 bits per heavy atom. The minimum Gasteiger partial charge on any atom is -0.359 e. The molecule has 0 radical (unpaired) electrons. The van der Waals surface area contributed by atoms with Crippen LogP contribution in [0.15, 0.2) is 4.99 Å². The second-order valence-electron chi connectivity index (χ2n) is 6.00. The van der Waals surface area contributed by atoms with E-state index in [0.29, 0.717) is 11.6 Å². The average molecular weight is 267 g/mol. The molecule has 1 saturated carbocycles. The fraction of sp³-hybridized carbons (Fsp3) is 0.929. The highest BCUT2D eigenvalue weighted by Gasteiger charge is 2.37. The van der Waals surface area contributed by atoms with E-state index in [4.69, 9.17) is 4.99 Å². The van der Waals surface area contributed by atoms with Crippen molar-refractivity contribution in [1.82, 2.24) is 10.2 Å².